The first kappa shape index (κ1) is 19.0. The number of methoxy groups -OCH3 is 2. The Morgan fingerprint density at radius 1 is 1.33 bits per heavy atom. The lowest BCUT2D eigenvalue weighted by atomic mass is 9.82. The lowest BCUT2D eigenvalue weighted by Gasteiger charge is -2.39. The zero-order valence-corrected chi connectivity index (χ0v) is 15.3. The van der Waals surface area contributed by atoms with Gasteiger partial charge in [-0.2, -0.15) is 0 Å². The molecule has 24 heavy (non-hydrogen) atoms. The summed E-state index contributed by atoms with van der Waals surface area (Å²) >= 11 is 0. The van der Waals surface area contributed by atoms with Crippen molar-refractivity contribution in [3.8, 4) is 11.5 Å². The molecule has 0 unspecified atom stereocenters. The smallest absolute Gasteiger partial charge is 0.161 e. The van der Waals surface area contributed by atoms with Gasteiger partial charge in [-0.25, -0.2) is 0 Å². The molecule has 0 aromatic heterocycles. The molecule has 0 radical (unpaired) electrons. The van der Waals surface area contributed by atoms with Gasteiger partial charge in [0.15, 0.2) is 11.5 Å². The summed E-state index contributed by atoms with van der Waals surface area (Å²) in [5.41, 5.74) is 1.01. The van der Waals surface area contributed by atoms with Crippen LogP contribution in [0.5, 0.6) is 11.5 Å². The SMILES string of the molecule is CC[C@]1(C)C[C@@H]([C@H](O)CNCc2ccc(OC)c(OC)c2)CCO1. The standard InChI is InChI=1S/C19H31NO4/c1-5-19(2)11-15(8-9-24-19)16(21)13-20-12-14-6-7-17(22-3)18(10-14)23-4/h6-7,10,15-16,20-21H,5,8-9,11-13H2,1-4H3/t15-,16+,19+/m0/s1. The largest absolute Gasteiger partial charge is 0.493 e. The normalized spacial score (nSPS) is 25.3. The Bertz CT molecular complexity index is 522. The third kappa shape index (κ3) is 4.85. The lowest BCUT2D eigenvalue weighted by Crippen LogP contribution is -2.43. The van der Waals surface area contributed by atoms with Crippen LogP contribution >= 0.6 is 0 Å². The van der Waals surface area contributed by atoms with E-state index in [0.29, 0.717) is 19.0 Å². The second-order valence-corrected chi connectivity index (χ2v) is 6.79. The van der Waals surface area contributed by atoms with Crippen molar-refractivity contribution in [1.29, 1.82) is 0 Å². The van der Waals surface area contributed by atoms with Gasteiger partial charge in [-0.05, 0) is 49.8 Å². The number of hydrogen-bond acceptors (Lipinski definition) is 5. The fraction of sp³-hybridized carbons (Fsp3) is 0.684. The van der Waals surface area contributed by atoms with Gasteiger partial charge >= 0.3 is 0 Å². The minimum Gasteiger partial charge on any atom is -0.493 e. The maximum Gasteiger partial charge on any atom is 0.161 e. The number of aliphatic hydroxyl groups excluding tert-OH is 1. The highest BCUT2D eigenvalue weighted by molar-refractivity contribution is 5.42. The second kappa shape index (κ2) is 8.70. The van der Waals surface area contributed by atoms with E-state index < -0.39 is 0 Å². The summed E-state index contributed by atoms with van der Waals surface area (Å²) in [7, 11) is 3.26. The first-order valence-electron chi connectivity index (χ1n) is 8.75. The van der Waals surface area contributed by atoms with Crippen LogP contribution in [0.1, 0.15) is 38.7 Å². The average Bonchev–Trinajstić information content (AvgIpc) is 2.61. The molecular formula is C19H31NO4. The highest BCUT2D eigenvalue weighted by atomic mass is 16.5. The van der Waals surface area contributed by atoms with Crippen LogP contribution in [0.4, 0.5) is 0 Å². The molecule has 3 atom stereocenters. The van der Waals surface area contributed by atoms with E-state index in [-0.39, 0.29) is 11.7 Å². The Morgan fingerprint density at radius 2 is 2.08 bits per heavy atom. The van der Waals surface area contributed by atoms with Gasteiger partial charge in [0.25, 0.3) is 0 Å². The average molecular weight is 337 g/mol. The molecule has 1 fully saturated rings. The Labute approximate surface area is 145 Å². The maximum absolute atomic E-state index is 10.5. The van der Waals surface area contributed by atoms with Crippen LogP contribution in [-0.4, -0.2) is 44.2 Å². The van der Waals surface area contributed by atoms with E-state index in [9.17, 15) is 5.11 Å². The van der Waals surface area contributed by atoms with Crippen LogP contribution in [0.3, 0.4) is 0 Å². The van der Waals surface area contributed by atoms with E-state index in [2.05, 4.69) is 19.2 Å². The van der Waals surface area contributed by atoms with Crippen LogP contribution in [0, 0.1) is 5.92 Å². The highest BCUT2D eigenvalue weighted by Gasteiger charge is 2.34. The Morgan fingerprint density at radius 3 is 2.75 bits per heavy atom. The molecule has 0 saturated carbocycles. The molecule has 0 amide bonds. The van der Waals surface area contributed by atoms with Crippen molar-refractivity contribution in [2.75, 3.05) is 27.4 Å². The molecular weight excluding hydrogens is 306 g/mol. The summed E-state index contributed by atoms with van der Waals surface area (Å²) in [6.45, 7) is 6.29. The first-order valence-corrected chi connectivity index (χ1v) is 8.75. The molecule has 2 N–H and O–H groups in total. The Kier molecular flexibility index (Phi) is 6.90. The number of rotatable bonds is 8. The monoisotopic (exact) mass is 337 g/mol. The third-order valence-corrected chi connectivity index (χ3v) is 5.06. The second-order valence-electron chi connectivity index (χ2n) is 6.79. The van der Waals surface area contributed by atoms with Crippen molar-refractivity contribution in [2.24, 2.45) is 5.92 Å². The summed E-state index contributed by atoms with van der Waals surface area (Å²) < 4.78 is 16.4. The number of ether oxygens (including phenoxy) is 3. The van der Waals surface area contributed by atoms with Crippen LogP contribution in [-0.2, 0) is 11.3 Å². The van der Waals surface area contributed by atoms with Crippen molar-refractivity contribution in [1.82, 2.24) is 5.32 Å². The molecule has 0 aliphatic carbocycles. The van der Waals surface area contributed by atoms with Gasteiger partial charge in [-0.3, -0.25) is 0 Å². The summed E-state index contributed by atoms with van der Waals surface area (Å²) in [6.07, 6.45) is 2.48. The van der Waals surface area contributed by atoms with Crippen molar-refractivity contribution in [2.45, 2.75) is 51.4 Å². The van der Waals surface area contributed by atoms with E-state index in [0.717, 1.165) is 42.9 Å². The van der Waals surface area contributed by atoms with Gasteiger partial charge in [0.1, 0.15) is 0 Å². The van der Waals surface area contributed by atoms with E-state index in [1.807, 2.05) is 18.2 Å². The van der Waals surface area contributed by atoms with Gasteiger partial charge in [-0.15, -0.1) is 0 Å². The number of benzene rings is 1. The predicted octanol–water partition coefficient (Wildman–Crippen LogP) is 2.75. The molecule has 5 nitrogen and oxygen atoms in total. The van der Waals surface area contributed by atoms with E-state index in [1.54, 1.807) is 14.2 Å². The number of aliphatic hydroxyl groups is 1. The van der Waals surface area contributed by atoms with E-state index in [4.69, 9.17) is 14.2 Å². The van der Waals surface area contributed by atoms with Gasteiger partial charge < -0.3 is 24.6 Å². The zero-order chi connectivity index (χ0) is 17.6. The Hall–Kier alpha value is -1.30. The van der Waals surface area contributed by atoms with Crippen LogP contribution < -0.4 is 14.8 Å². The highest BCUT2D eigenvalue weighted by Crippen LogP contribution is 2.33. The molecule has 1 saturated heterocycles. The van der Waals surface area contributed by atoms with Gasteiger partial charge in [0.05, 0.1) is 25.9 Å². The van der Waals surface area contributed by atoms with Gasteiger partial charge in [-0.1, -0.05) is 13.0 Å². The predicted molar refractivity (Wildman–Crippen MR) is 94.6 cm³/mol. The molecule has 1 aromatic rings. The molecule has 1 heterocycles. The molecule has 136 valence electrons. The zero-order valence-electron chi connectivity index (χ0n) is 15.3. The fourth-order valence-corrected chi connectivity index (χ4v) is 3.27. The number of hydrogen-bond donors (Lipinski definition) is 2. The van der Waals surface area contributed by atoms with Crippen molar-refractivity contribution in [3.05, 3.63) is 23.8 Å². The Balaban J connectivity index is 1.83. The fourth-order valence-electron chi connectivity index (χ4n) is 3.27. The maximum atomic E-state index is 10.5. The van der Waals surface area contributed by atoms with Gasteiger partial charge in [0.2, 0.25) is 0 Å². The molecule has 2 rings (SSSR count). The quantitative estimate of drug-likeness (QED) is 0.764. The molecule has 1 aliphatic rings. The molecule has 1 aromatic carbocycles. The molecule has 1 aliphatic heterocycles. The van der Waals surface area contributed by atoms with Crippen molar-refractivity contribution >= 4 is 0 Å². The topological polar surface area (TPSA) is 60.0 Å². The van der Waals surface area contributed by atoms with Crippen molar-refractivity contribution < 1.29 is 19.3 Å². The van der Waals surface area contributed by atoms with E-state index >= 15 is 0 Å². The molecule has 5 heteroatoms. The molecule has 0 bridgehead atoms. The third-order valence-electron chi connectivity index (χ3n) is 5.06. The minimum atomic E-state index is -0.347. The van der Waals surface area contributed by atoms with Crippen LogP contribution in [0.2, 0.25) is 0 Å². The van der Waals surface area contributed by atoms with Crippen molar-refractivity contribution in [3.63, 3.8) is 0 Å². The lowest BCUT2D eigenvalue weighted by molar-refractivity contribution is -0.107. The molecule has 0 spiro atoms. The van der Waals surface area contributed by atoms with E-state index in [1.165, 1.54) is 0 Å². The summed E-state index contributed by atoms with van der Waals surface area (Å²) in [6, 6.07) is 5.86. The van der Waals surface area contributed by atoms with Gasteiger partial charge in [0, 0.05) is 19.7 Å². The van der Waals surface area contributed by atoms with Crippen LogP contribution in [0.15, 0.2) is 18.2 Å². The summed E-state index contributed by atoms with van der Waals surface area (Å²) in [5.74, 6) is 1.74. The number of nitrogens with one attached hydrogen (secondary N) is 1. The minimum absolute atomic E-state index is 0.0900. The van der Waals surface area contributed by atoms with Crippen LogP contribution in [0.25, 0.3) is 0 Å². The summed E-state index contributed by atoms with van der Waals surface area (Å²) in [4.78, 5) is 0. The first-order chi connectivity index (χ1) is 11.5. The summed E-state index contributed by atoms with van der Waals surface area (Å²) in [5, 5.41) is 13.8.